The van der Waals surface area contributed by atoms with Crippen LogP contribution >= 0.6 is 11.6 Å². The second-order valence-electron chi connectivity index (χ2n) is 4.96. The van der Waals surface area contributed by atoms with Crippen LogP contribution < -0.4 is 9.47 Å². The number of hydrogen-bond donors (Lipinski definition) is 0. The van der Waals surface area contributed by atoms with Crippen LogP contribution in [0.25, 0.3) is 0 Å². The van der Waals surface area contributed by atoms with Gasteiger partial charge in [0, 0.05) is 26.7 Å². The van der Waals surface area contributed by atoms with Crippen molar-refractivity contribution in [2.45, 2.75) is 12.6 Å². The summed E-state index contributed by atoms with van der Waals surface area (Å²) in [6, 6.07) is 3.86. The van der Waals surface area contributed by atoms with Crippen molar-refractivity contribution in [1.82, 2.24) is 4.90 Å². The molecule has 0 N–H and O–H groups in total. The third kappa shape index (κ3) is 4.01. The lowest BCUT2D eigenvalue weighted by molar-refractivity contribution is -0.0631. The maximum absolute atomic E-state index is 6.42. The fourth-order valence-corrected chi connectivity index (χ4v) is 2.80. The standard InChI is InChI=1S/C15H22ClNO4/c1-18-10-12-9-17(6-7-21-12)8-11-4-5-13(19-2)15(20-3)14(11)16/h4-5,12H,6-10H2,1-3H3/t12-/m1/s1. The predicted octanol–water partition coefficient (Wildman–Crippen LogP) is 2.20. The van der Waals surface area contributed by atoms with E-state index in [0.29, 0.717) is 29.7 Å². The quantitative estimate of drug-likeness (QED) is 0.805. The summed E-state index contributed by atoms with van der Waals surface area (Å²) < 4.78 is 21.4. The van der Waals surface area contributed by atoms with Gasteiger partial charge in [-0.1, -0.05) is 17.7 Å². The van der Waals surface area contributed by atoms with E-state index in [1.807, 2.05) is 12.1 Å². The van der Waals surface area contributed by atoms with Crippen molar-refractivity contribution in [1.29, 1.82) is 0 Å². The zero-order valence-electron chi connectivity index (χ0n) is 12.7. The molecule has 0 radical (unpaired) electrons. The monoisotopic (exact) mass is 315 g/mol. The molecule has 0 amide bonds. The first-order valence-corrected chi connectivity index (χ1v) is 7.29. The minimum atomic E-state index is 0.114. The van der Waals surface area contributed by atoms with Crippen LogP contribution in [0.15, 0.2) is 12.1 Å². The maximum atomic E-state index is 6.42. The highest BCUT2D eigenvalue weighted by Gasteiger charge is 2.22. The van der Waals surface area contributed by atoms with Crippen molar-refractivity contribution in [2.24, 2.45) is 0 Å². The highest BCUT2D eigenvalue weighted by molar-refractivity contribution is 6.33. The minimum absolute atomic E-state index is 0.114. The first-order chi connectivity index (χ1) is 10.2. The third-order valence-corrected chi connectivity index (χ3v) is 3.95. The molecule has 0 saturated carbocycles. The number of ether oxygens (including phenoxy) is 4. The van der Waals surface area contributed by atoms with Gasteiger partial charge in [0.05, 0.1) is 38.6 Å². The number of morpholine rings is 1. The lowest BCUT2D eigenvalue weighted by atomic mass is 10.1. The van der Waals surface area contributed by atoms with E-state index in [1.54, 1.807) is 21.3 Å². The molecule has 21 heavy (non-hydrogen) atoms. The van der Waals surface area contributed by atoms with Crippen LogP contribution in [-0.4, -0.2) is 58.6 Å². The van der Waals surface area contributed by atoms with Crippen LogP contribution in [0.4, 0.5) is 0 Å². The topological polar surface area (TPSA) is 40.2 Å². The normalized spacial score (nSPS) is 19.5. The van der Waals surface area contributed by atoms with Crippen LogP contribution in [0.5, 0.6) is 11.5 Å². The number of benzene rings is 1. The van der Waals surface area contributed by atoms with Crippen LogP contribution in [0.3, 0.4) is 0 Å². The minimum Gasteiger partial charge on any atom is -0.493 e. The Morgan fingerprint density at radius 1 is 1.29 bits per heavy atom. The highest BCUT2D eigenvalue weighted by Crippen LogP contribution is 2.37. The second kappa shape index (κ2) is 7.84. The summed E-state index contributed by atoms with van der Waals surface area (Å²) >= 11 is 6.42. The summed E-state index contributed by atoms with van der Waals surface area (Å²) in [5, 5.41) is 0.603. The number of rotatable bonds is 6. The Morgan fingerprint density at radius 2 is 2.10 bits per heavy atom. The molecule has 1 saturated heterocycles. The summed E-state index contributed by atoms with van der Waals surface area (Å²) in [6.45, 7) is 3.78. The van der Waals surface area contributed by atoms with Gasteiger partial charge in [0.1, 0.15) is 0 Å². The van der Waals surface area contributed by atoms with Crippen LogP contribution in [0.2, 0.25) is 5.02 Å². The van der Waals surface area contributed by atoms with Gasteiger partial charge in [-0.2, -0.15) is 0 Å². The van der Waals surface area contributed by atoms with E-state index in [-0.39, 0.29) is 6.10 Å². The van der Waals surface area contributed by atoms with E-state index in [4.69, 9.17) is 30.5 Å². The van der Waals surface area contributed by atoms with Crippen molar-refractivity contribution in [3.05, 3.63) is 22.7 Å². The summed E-state index contributed by atoms with van der Waals surface area (Å²) in [5.74, 6) is 1.23. The van der Waals surface area contributed by atoms with E-state index in [1.165, 1.54) is 0 Å². The van der Waals surface area contributed by atoms with Crippen molar-refractivity contribution >= 4 is 11.6 Å². The first-order valence-electron chi connectivity index (χ1n) is 6.91. The van der Waals surface area contributed by atoms with Gasteiger partial charge in [-0.15, -0.1) is 0 Å². The fourth-order valence-electron chi connectivity index (χ4n) is 2.50. The molecule has 1 aliphatic heterocycles. The SMILES string of the molecule is COC[C@H]1CN(Cc2ccc(OC)c(OC)c2Cl)CCO1. The van der Waals surface area contributed by atoms with E-state index in [0.717, 1.165) is 25.2 Å². The molecular weight excluding hydrogens is 294 g/mol. The average molecular weight is 316 g/mol. The van der Waals surface area contributed by atoms with Crippen LogP contribution in [0, 0.1) is 0 Å². The van der Waals surface area contributed by atoms with E-state index >= 15 is 0 Å². The van der Waals surface area contributed by atoms with Gasteiger partial charge in [-0.05, 0) is 11.6 Å². The molecule has 1 atom stereocenters. The molecule has 5 nitrogen and oxygen atoms in total. The molecule has 6 heteroatoms. The molecule has 0 bridgehead atoms. The summed E-state index contributed by atoms with van der Waals surface area (Å²) in [4.78, 5) is 2.31. The Labute approximate surface area is 130 Å². The van der Waals surface area contributed by atoms with Gasteiger partial charge in [-0.3, -0.25) is 4.90 Å². The molecule has 1 aromatic carbocycles. The van der Waals surface area contributed by atoms with Crippen molar-refractivity contribution < 1.29 is 18.9 Å². The molecule has 1 aliphatic rings. The van der Waals surface area contributed by atoms with Crippen molar-refractivity contribution in [3.63, 3.8) is 0 Å². The highest BCUT2D eigenvalue weighted by atomic mass is 35.5. The van der Waals surface area contributed by atoms with Crippen molar-refractivity contribution in [2.75, 3.05) is 47.6 Å². The zero-order chi connectivity index (χ0) is 15.2. The van der Waals surface area contributed by atoms with E-state index in [9.17, 15) is 0 Å². The molecular formula is C15H22ClNO4. The van der Waals surface area contributed by atoms with E-state index in [2.05, 4.69) is 4.90 Å². The number of hydrogen-bond acceptors (Lipinski definition) is 5. The summed E-state index contributed by atoms with van der Waals surface area (Å²) in [6.07, 6.45) is 0.114. The molecule has 1 heterocycles. The Balaban J connectivity index is 2.09. The first kappa shape index (κ1) is 16.4. The molecule has 1 aromatic rings. The lowest BCUT2D eigenvalue weighted by Gasteiger charge is -2.32. The number of halogens is 1. The maximum Gasteiger partial charge on any atom is 0.179 e. The van der Waals surface area contributed by atoms with Gasteiger partial charge >= 0.3 is 0 Å². The largest absolute Gasteiger partial charge is 0.493 e. The fraction of sp³-hybridized carbons (Fsp3) is 0.600. The number of methoxy groups -OCH3 is 3. The molecule has 0 spiro atoms. The smallest absolute Gasteiger partial charge is 0.179 e. The summed E-state index contributed by atoms with van der Waals surface area (Å²) in [7, 11) is 4.88. The molecule has 0 unspecified atom stereocenters. The Bertz CT molecular complexity index is 467. The predicted molar refractivity (Wildman–Crippen MR) is 81.4 cm³/mol. The van der Waals surface area contributed by atoms with Gasteiger partial charge < -0.3 is 18.9 Å². The summed E-state index contributed by atoms with van der Waals surface area (Å²) in [5.41, 5.74) is 1.02. The third-order valence-electron chi connectivity index (χ3n) is 3.53. The van der Waals surface area contributed by atoms with Crippen LogP contribution in [-0.2, 0) is 16.0 Å². The zero-order valence-corrected chi connectivity index (χ0v) is 13.5. The second-order valence-corrected chi connectivity index (χ2v) is 5.34. The van der Waals surface area contributed by atoms with Gasteiger partial charge in [0.15, 0.2) is 11.5 Å². The molecule has 2 rings (SSSR count). The number of nitrogens with zero attached hydrogens (tertiary/aromatic N) is 1. The average Bonchev–Trinajstić information content (AvgIpc) is 2.50. The Kier molecular flexibility index (Phi) is 6.11. The van der Waals surface area contributed by atoms with Crippen molar-refractivity contribution in [3.8, 4) is 11.5 Å². The van der Waals surface area contributed by atoms with Gasteiger partial charge in [0.2, 0.25) is 0 Å². The molecule has 0 aliphatic carbocycles. The molecule has 118 valence electrons. The van der Waals surface area contributed by atoms with Gasteiger partial charge in [0.25, 0.3) is 0 Å². The Hall–Kier alpha value is -1.01. The molecule has 1 fully saturated rings. The van der Waals surface area contributed by atoms with E-state index < -0.39 is 0 Å². The molecule has 0 aromatic heterocycles. The van der Waals surface area contributed by atoms with Gasteiger partial charge in [-0.25, -0.2) is 0 Å². The van der Waals surface area contributed by atoms with Crippen LogP contribution in [0.1, 0.15) is 5.56 Å². The lowest BCUT2D eigenvalue weighted by Crippen LogP contribution is -2.43. The Morgan fingerprint density at radius 3 is 2.76 bits per heavy atom.